The van der Waals surface area contributed by atoms with E-state index in [0.29, 0.717) is 23.3 Å². The van der Waals surface area contributed by atoms with Gasteiger partial charge in [-0.25, -0.2) is 0 Å². The van der Waals surface area contributed by atoms with Crippen molar-refractivity contribution in [2.45, 2.75) is 6.54 Å². The molecular weight excluding hydrogens is 326 g/mol. The van der Waals surface area contributed by atoms with Crippen LogP contribution in [-0.4, -0.2) is 28.7 Å². The Hall–Kier alpha value is -2.93. The van der Waals surface area contributed by atoms with Gasteiger partial charge in [-0.1, -0.05) is 12.1 Å². The highest BCUT2D eigenvalue weighted by Crippen LogP contribution is 2.17. The minimum atomic E-state index is -0.495. The Labute approximate surface area is 142 Å². The second kappa shape index (κ2) is 6.29. The first-order valence-corrected chi connectivity index (χ1v) is 7.62. The molecule has 0 bridgehead atoms. The van der Waals surface area contributed by atoms with Gasteiger partial charge in [0.15, 0.2) is 5.58 Å². The van der Waals surface area contributed by atoms with E-state index in [1.807, 2.05) is 6.07 Å². The van der Waals surface area contributed by atoms with E-state index in [-0.39, 0.29) is 10.7 Å². The van der Waals surface area contributed by atoms with E-state index in [2.05, 4.69) is 4.98 Å². The molecule has 7 heteroatoms. The highest BCUT2D eigenvalue weighted by atomic mass is 32.1. The van der Waals surface area contributed by atoms with Gasteiger partial charge in [0, 0.05) is 24.7 Å². The molecule has 0 aliphatic rings. The van der Waals surface area contributed by atoms with Crippen LogP contribution in [0.5, 0.6) is 0 Å². The molecule has 0 aliphatic carbocycles. The number of aromatic nitrogens is 1. The highest BCUT2D eigenvalue weighted by Gasteiger charge is 2.14. The van der Waals surface area contributed by atoms with Crippen molar-refractivity contribution in [1.82, 2.24) is 9.88 Å². The summed E-state index contributed by atoms with van der Waals surface area (Å²) in [5.74, 6) is -0.659. The second-order valence-corrected chi connectivity index (χ2v) is 5.82. The number of oxazole rings is 1. The molecule has 3 N–H and O–H groups in total. The van der Waals surface area contributed by atoms with Crippen molar-refractivity contribution in [2.75, 3.05) is 7.05 Å². The lowest BCUT2D eigenvalue weighted by atomic mass is 10.1. The van der Waals surface area contributed by atoms with Crippen LogP contribution in [0.25, 0.3) is 11.1 Å². The van der Waals surface area contributed by atoms with Gasteiger partial charge < -0.3 is 20.0 Å². The maximum Gasteiger partial charge on any atom is 0.266 e. The van der Waals surface area contributed by atoms with E-state index in [9.17, 15) is 9.59 Å². The third-order valence-electron chi connectivity index (χ3n) is 3.65. The lowest BCUT2D eigenvalue weighted by molar-refractivity contribution is 0.0785. The fourth-order valence-electron chi connectivity index (χ4n) is 2.47. The van der Waals surface area contributed by atoms with Gasteiger partial charge in [0.2, 0.25) is 5.91 Å². The van der Waals surface area contributed by atoms with Crippen molar-refractivity contribution in [3.8, 4) is 0 Å². The minimum Gasteiger partial charge on any atom is -0.429 e. The van der Waals surface area contributed by atoms with Crippen molar-refractivity contribution in [2.24, 2.45) is 5.73 Å². The van der Waals surface area contributed by atoms with Crippen molar-refractivity contribution >= 4 is 35.1 Å². The van der Waals surface area contributed by atoms with Crippen LogP contribution in [0.3, 0.4) is 0 Å². The molecule has 3 aromatic rings. The van der Waals surface area contributed by atoms with Crippen molar-refractivity contribution in [3.05, 3.63) is 64.0 Å². The average molecular weight is 341 g/mol. The number of nitrogens with one attached hydrogen (secondary N) is 1. The van der Waals surface area contributed by atoms with Crippen molar-refractivity contribution in [1.29, 1.82) is 0 Å². The number of aromatic amines is 1. The van der Waals surface area contributed by atoms with Crippen molar-refractivity contribution in [3.63, 3.8) is 0 Å². The van der Waals surface area contributed by atoms with Gasteiger partial charge in [0.05, 0.1) is 5.52 Å². The number of hydrogen-bond donors (Lipinski definition) is 2. The number of benzene rings is 2. The van der Waals surface area contributed by atoms with Crippen LogP contribution in [-0.2, 0) is 6.54 Å². The van der Waals surface area contributed by atoms with Crippen LogP contribution in [0, 0.1) is 4.84 Å². The van der Waals surface area contributed by atoms with E-state index in [1.54, 1.807) is 48.3 Å². The minimum absolute atomic E-state index is 0.163. The van der Waals surface area contributed by atoms with E-state index < -0.39 is 5.91 Å². The van der Waals surface area contributed by atoms with Crippen LogP contribution in [0.15, 0.2) is 46.9 Å². The molecule has 0 saturated heterocycles. The third kappa shape index (κ3) is 3.21. The summed E-state index contributed by atoms with van der Waals surface area (Å²) < 4.78 is 5.34. The van der Waals surface area contributed by atoms with Crippen LogP contribution in [0.2, 0.25) is 0 Å². The number of nitrogens with two attached hydrogens (primary N) is 1. The summed E-state index contributed by atoms with van der Waals surface area (Å²) in [6, 6.07) is 12.0. The number of fused-ring (bicyclic) bond motifs is 1. The lowest BCUT2D eigenvalue weighted by Crippen LogP contribution is -2.26. The summed E-state index contributed by atoms with van der Waals surface area (Å²) >= 11 is 4.94. The number of rotatable bonds is 4. The molecule has 0 atom stereocenters. The molecular formula is C17H15N3O3S. The molecule has 24 heavy (non-hydrogen) atoms. The van der Waals surface area contributed by atoms with Crippen LogP contribution < -0.4 is 5.73 Å². The molecule has 1 aromatic heterocycles. The molecule has 0 saturated carbocycles. The largest absolute Gasteiger partial charge is 0.429 e. The standard InChI is InChI=1S/C17H15N3O3S/c1-20(9-10-3-2-4-11(7-10)15(18)21)16(22)12-5-6-13-14(8-12)23-17(24)19-13/h2-8H,9H2,1H3,(H2,18,21)(H,19,24). The third-order valence-corrected chi connectivity index (χ3v) is 3.83. The number of primary amides is 1. The number of nitrogens with zero attached hydrogens (tertiary/aromatic N) is 1. The zero-order valence-electron chi connectivity index (χ0n) is 12.9. The van der Waals surface area contributed by atoms with Gasteiger partial charge in [-0.3, -0.25) is 9.59 Å². The van der Waals surface area contributed by atoms with Gasteiger partial charge in [0.25, 0.3) is 10.7 Å². The molecule has 122 valence electrons. The van der Waals surface area contributed by atoms with E-state index in [4.69, 9.17) is 22.4 Å². The normalized spacial score (nSPS) is 10.7. The Balaban J connectivity index is 1.81. The topological polar surface area (TPSA) is 92.3 Å². The Morgan fingerprint density at radius 3 is 2.75 bits per heavy atom. The molecule has 2 aromatic carbocycles. The fraction of sp³-hybridized carbons (Fsp3) is 0.118. The summed E-state index contributed by atoms with van der Waals surface area (Å²) in [5.41, 5.74) is 8.29. The van der Waals surface area contributed by atoms with Crippen LogP contribution in [0.4, 0.5) is 0 Å². The first kappa shape index (κ1) is 15.9. The quantitative estimate of drug-likeness (QED) is 0.714. The maximum atomic E-state index is 12.6. The summed E-state index contributed by atoms with van der Waals surface area (Å²) in [6.07, 6.45) is 0. The number of carbonyl (C=O) groups excluding carboxylic acids is 2. The van der Waals surface area contributed by atoms with Crippen LogP contribution >= 0.6 is 12.2 Å². The summed E-state index contributed by atoms with van der Waals surface area (Å²) in [5, 5.41) is 0. The smallest absolute Gasteiger partial charge is 0.266 e. The zero-order chi connectivity index (χ0) is 17.3. The molecule has 3 rings (SSSR count). The average Bonchev–Trinajstić information content (AvgIpc) is 2.93. The molecule has 2 amide bonds. The van der Waals surface area contributed by atoms with Gasteiger partial charge >= 0.3 is 0 Å². The van der Waals surface area contributed by atoms with E-state index in [0.717, 1.165) is 11.1 Å². The fourth-order valence-corrected chi connectivity index (χ4v) is 2.67. The number of amides is 2. The van der Waals surface area contributed by atoms with E-state index >= 15 is 0 Å². The Morgan fingerprint density at radius 1 is 1.21 bits per heavy atom. The van der Waals surface area contributed by atoms with Gasteiger partial charge in [-0.2, -0.15) is 0 Å². The van der Waals surface area contributed by atoms with Crippen molar-refractivity contribution < 1.29 is 14.0 Å². The molecule has 1 heterocycles. The molecule has 0 aliphatic heterocycles. The van der Waals surface area contributed by atoms with E-state index in [1.165, 1.54) is 0 Å². The Kier molecular flexibility index (Phi) is 4.18. The van der Waals surface area contributed by atoms with Gasteiger partial charge in [0.1, 0.15) is 0 Å². The molecule has 0 unspecified atom stereocenters. The summed E-state index contributed by atoms with van der Waals surface area (Å²) in [4.78, 5) is 28.5. The molecule has 0 radical (unpaired) electrons. The number of carbonyl (C=O) groups is 2. The molecule has 0 spiro atoms. The summed E-state index contributed by atoms with van der Waals surface area (Å²) in [6.45, 7) is 0.356. The lowest BCUT2D eigenvalue weighted by Gasteiger charge is -2.17. The van der Waals surface area contributed by atoms with Gasteiger partial charge in [-0.05, 0) is 48.1 Å². The first-order valence-electron chi connectivity index (χ1n) is 7.21. The monoisotopic (exact) mass is 341 g/mol. The molecule has 6 nitrogen and oxygen atoms in total. The Morgan fingerprint density at radius 2 is 2.00 bits per heavy atom. The Bertz CT molecular complexity index is 990. The maximum absolute atomic E-state index is 12.6. The SMILES string of the molecule is CN(Cc1cccc(C(N)=O)c1)C(=O)c1ccc2[nH]c(=S)oc2c1. The molecule has 0 fully saturated rings. The number of H-pyrrole nitrogens is 1. The summed E-state index contributed by atoms with van der Waals surface area (Å²) in [7, 11) is 1.69. The number of hydrogen-bond acceptors (Lipinski definition) is 4. The predicted octanol–water partition coefficient (Wildman–Crippen LogP) is 2.86. The van der Waals surface area contributed by atoms with Gasteiger partial charge in [-0.15, -0.1) is 0 Å². The predicted molar refractivity (Wildman–Crippen MR) is 92.2 cm³/mol. The zero-order valence-corrected chi connectivity index (χ0v) is 13.7. The second-order valence-electron chi connectivity index (χ2n) is 5.45. The highest BCUT2D eigenvalue weighted by molar-refractivity contribution is 7.71. The first-order chi connectivity index (χ1) is 11.4. The van der Waals surface area contributed by atoms with Crippen LogP contribution in [0.1, 0.15) is 26.3 Å².